The molecule has 0 fully saturated rings. The van der Waals surface area contributed by atoms with Crippen molar-refractivity contribution in [1.29, 1.82) is 0 Å². The van der Waals surface area contributed by atoms with Gasteiger partial charge in [0, 0.05) is 32.5 Å². The van der Waals surface area contributed by atoms with Crippen LogP contribution in [0, 0.1) is 6.92 Å². The van der Waals surface area contributed by atoms with Crippen molar-refractivity contribution in [3.8, 4) is 0 Å². The highest BCUT2D eigenvalue weighted by Gasteiger charge is 2.09. The minimum absolute atomic E-state index is 0.0323. The molecule has 0 saturated heterocycles. The van der Waals surface area contributed by atoms with Crippen LogP contribution >= 0.6 is 27.3 Å². The van der Waals surface area contributed by atoms with Crippen molar-refractivity contribution in [3.63, 3.8) is 0 Å². The highest BCUT2D eigenvalue weighted by Crippen LogP contribution is 2.20. The van der Waals surface area contributed by atoms with Crippen molar-refractivity contribution < 1.29 is 4.79 Å². The van der Waals surface area contributed by atoms with Crippen molar-refractivity contribution in [1.82, 2.24) is 5.32 Å². The number of benzene rings is 1. The summed E-state index contributed by atoms with van der Waals surface area (Å²) in [4.78, 5) is 13.3. The summed E-state index contributed by atoms with van der Waals surface area (Å²) < 4.78 is 1.05. The van der Waals surface area contributed by atoms with Crippen LogP contribution < -0.4 is 10.6 Å². The molecule has 1 heterocycles. The summed E-state index contributed by atoms with van der Waals surface area (Å²) in [6.07, 6.45) is 0. The van der Waals surface area contributed by atoms with Gasteiger partial charge < -0.3 is 10.6 Å². The zero-order chi connectivity index (χ0) is 14.5. The molecule has 0 aliphatic rings. The molecule has 2 rings (SSSR count). The van der Waals surface area contributed by atoms with Gasteiger partial charge in [0.25, 0.3) is 5.91 Å². The molecule has 0 unspecified atom stereocenters. The maximum Gasteiger partial charge on any atom is 0.251 e. The van der Waals surface area contributed by atoms with Crippen LogP contribution in [-0.2, 0) is 6.54 Å². The van der Waals surface area contributed by atoms with Gasteiger partial charge in [-0.2, -0.15) is 0 Å². The lowest BCUT2D eigenvalue weighted by Crippen LogP contribution is -2.23. The van der Waals surface area contributed by atoms with E-state index < -0.39 is 0 Å². The van der Waals surface area contributed by atoms with E-state index in [1.807, 2.05) is 36.6 Å². The maximum atomic E-state index is 12.2. The maximum absolute atomic E-state index is 12.2. The fourth-order valence-electron chi connectivity index (χ4n) is 1.94. The minimum atomic E-state index is -0.0323. The fourth-order valence-corrected chi connectivity index (χ4v) is 3.33. The molecule has 0 aliphatic heterocycles. The fraction of sp³-hybridized carbons (Fsp3) is 0.267. The Morgan fingerprint density at radius 1 is 1.35 bits per heavy atom. The predicted octanol–water partition coefficient (Wildman–Crippen LogP) is 4.18. The standard InChI is InChI=1S/C15H17BrN2OS/c1-3-17-12-4-5-14(10(2)6-12)15(19)18-8-13-7-11(16)9-20-13/h4-7,9,17H,3,8H2,1-2H3,(H,18,19). The molecule has 1 amide bonds. The number of amides is 1. The number of nitrogens with one attached hydrogen (secondary N) is 2. The van der Waals surface area contributed by atoms with Crippen LogP contribution in [0.4, 0.5) is 5.69 Å². The van der Waals surface area contributed by atoms with E-state index >= 15 is 0 Å². The van der Waals surface area contributed by atoms with Crippen molar-refractivity contribution in [3.05, 3.63) is 50.1 Å². The molecule has 0 aliphatic carbocycles. The first-order valence-corrected chi connectivity index (χ1v) is 8.13. The second-order valence-corrected chi connectivity index (χ2v) is 6.39. The molecule has 0 saturated carbocycles. The molecule has 106 valence electrons. The molecule has 0 atom stereocenters. The number of carbonyl (C=O) groups excluding carboxylic acids is 1. The van der Waals surface area contributed by atoms with E-state index in [9.17, 15) is 4.79 Å². The van der Waals surface area contributed by atoms with Crippen molar-refractivity contribution in [2.75, 3.05) is 11.9 Å². The largest absolute Gasteiger partial charge is 0.385 e. The van der Waals surface area contributed by atoms with E-state index in [1.54, 1.807) is 11.3 Å². The third-order valence-corrected chi connectivity index (χ3v) is 4.59. The molecule has 2 aromatic rings. The first-order valence-electron chi connectivity index (χ1n) is 6.45. The average molecular weight is 353 g/mol. The van der Waals surface area contributed by atoms with Gasteiger partial charge in [0.15, 0.2) is 0 Å². The number of thiophene rings is 1. The van der Waals surface area contributed by atoms with Gasteiger partial charge >= 0.3 is 0 Å². The number of rotatable bonds is 5. The molecule has 3 nitrogen and oxygen atoms in total. The third-order valence-electron chi connectivity index (χ3n) is 2.90. The van der Waals surface area contributed by atoms with Gasteiger partial charge in [-0.25, -0.2) is 0 Å². The minimum Gasteiger partial charge on any atom is -0.385 e. The quantitative estimate of drug-likeness (QED) is 0.847. The lowest BCUT2D eigenvalue weighted by Gasteiger charge is -2.09. The van der Waals surface area contributed by atoms with Crippen LogP contribution in [0.3, 0.4) is 0 Å². The van der Waals surface area contributed by atoms with Crippen LogP contribution in [0.15, 0.2) is 34.1 Å². The molecular weight excluding hydrogens is 336 g/mol. The monoisotopic (exact) mass is 352 g/mol. The van der Waals surface area contributed by atoms with Gasteiger partial charge in [-0.15, -0.1) is 11.3 Å². The van der Waals surface area contributed by atoms with Gasteiger partial charge in [0.1, 0.15) is 0 Å². The lowest BCUT2D eigenvalue weighted by molar-refractivity contribution is 0.0950. The number of carbonyl (C=O) groups is 1. The van der Waals surface area contributed by atoms with E-state index in [0.717, 1.165) is 32.7 Å². The number of halogens is 1. The number of hydrogen-bond donors (Lipinski definition) is 2. The van der Waals surface area contributed by atoms with E-state index in [4.69, 9.17) is 0 Å². The summed E-state index contributed by atoms with van der Waals surface area (Å²) in [7, 11) is 0. The zero-order valence-corrected chi connectivity index (χ0v) is 13.9. The summed E-state index contributed by atoms with van der Waals surface area (Å²) >= 11 is 5.04. The van der Waals surface area contributed by atoms with Crippen LogP contribution in [-0.4, -0.2) is 12.5 Å². The molecule has 0 spiro atoms. The molecule has 0 bridgehead atoms. The van der Waals surface area contributed by atoms with E-state index in [-0.39, 0.29) is 5.91 Å². The van der Waals surface area contributed by atoms with Gasteiger partial charge in [0.2, 0.25) is 0 Å². The van der Waals surface area contributed by atoms with E-state index in [1.165, 1.54) is 0 Å². The Balaban J connectivity index is 2.01. The van der Waals surface area contributed by atoms with Gasteiger partial charge in [-0.1, -0.05) is 0 Å². The Bertz CT molecular complexity index is 610. The van der Waals surface area contributed by atoms with Gasteiger partial charge in [0.05, 0.1) is 6.54 Å². The SMILES string of the molecule is CCNc1ccc(C(=O)NCc2cc(Br)cs2)c(C)c1. The normalized spacial score (nSPS) is 10.3. The first-order chi connectivity index (χ1) is 9.60. The first kappa shape index (κ1) is 15.1. The molecule has 20 heavy (non-hydrogen) atoms. The second-order valence-electron chi connectivity index (χ2n) is 4.47. The molecule has 0 radical (unpaired) electrons. The zero-order valence-electron chi connectivity index (χ0n) is 11.5. The molecule has 5 heteroatoms. The number of hydrogen-bond acceptors (Lipinski definition) is 3. The summed E-state index contributed by atoms with van der Waals surface area (Å²) in [6, 6.07) is 7.83. The molecule has 1 aromatic carbocycles. The summed E-state index contributed by atoms with van der Waals surface area (Å²) in [5.41, 5.74) is 2.75. The van der Waals surface area contributed by atoms with Gasteiger partial charge in [-0.3, -0.25) is 4.79 Å². The Morgan fingerprint density at radius 2 is 2.15 bits per heavy atom. The summed E-state index contributed by atoms with van der Waals surface area (Å²) in [5.74, 6) is -0.0323. The smallest absolute Gasteiger partial charge is 0.251 e. The lowest BCUT2D eigenvalue weighted by atomic mass is 10.1. The Morgan fingerprint density at radius 3 is 2.75 bits per heavy atom. The Labute approximate surface area is 131 Å². The molecule has 1 aromatic heterocycles. The van der Waals surface area contributed by atoms with Crippen molar-refractivity contribution >= 4 is 38.9 Å². The Hall–Kier alpha value is -1.33. The van der Waals surface area contributed by atoms with Crippen LogP contribution in [0.5, 0.6) is 0 Å². The van der Waals surface area contributed by atoms with Crippen molar-refractivity contribution in [2.45, 2.75) is 20.4 Å². The topological polar surface area (TPSA) is 41.1 Å². The van der Waals surface area contributed by atoms with Crippen LogP contribution in [0.25, 0.3) is 0 Å². The number of anilines is 1. The van der Waals surface area contributed by atoms with Crippen LogP contribution in [0.2, 0.25) is 0 Å². The summed E-state index contributed by atoms with van der Waals surface area (Å²) in [5, 5.41) is 8.20. The molecule has 2 N–H and O–H groups in total. The second kappa shape index (κ2) is 6.90. The third kappa shape index (κ3) is 3.84. The summed E-state index contributed by atoms with van der Waals surface area (Å²) in [6.45, 7) is 5.44. The predicted molar refractivity (Wildman–Crippen MR) is 88.5 cm³/mol. The Kier molecular flexibility index (Phi) is 5.20. The van der Waals surface area contributed by atoms with Gasteiger partial charge in [-0.05, 0) is 59.6 Å². The van der Waals surface area contributed by atoms with E-state index in [0.29, 0.717) is 6.54 Å². The average Bonchev–Trinajstić information content (AvgIpc) is 2.82. The van der Waals surface area contributed by atoms with Crippen molar-refractivity contribution in [2.24, 2.45) is 0 Å². The highest BCUT2D eigenvalue weighted by molar-refractivity contribution is 9.10. The number of aryl methyl sites for hydroxylation is 1. The molecular formula is C15H17BrN2OS. The van der Waals surface area contributed by atoms with Crippen LogP contribution in [0.1, 0.15) is 27.7 Å². The van der Waals surface area contributed by atoms with E-state index in [2.05, 4.69) is 33.5 Å². The highest BCUT2D eigenvalue weighted by atomic mass is 79.9.